The number of aliphatic hydroxyl groups is 1. The van der Waals surface area contributed by atoms with Gasteiger partial charge in [0.15, 0.2) is 0 Å². The first kappa shape index (κ1) is 23.7. The van der Waals surface area contributed by atoms with E-state index in [0.717, 1.165) is 11.1 Å². The molecule has 3 aromatic rings. The Balaban J connectivity index is 1.85. The van der Waals surface area contributed by atoms with Crippen LogP contribution in [-0.2, 0) is 21.2 Å². The second-order valence-electron chi connectivity index (χ2n) is 7.72. The number of aryl methyl sites for hydroxylation is 1. The van der Waals surface area contributed by atoms with Crippen LogP contribution < -0.4 is 10.0 Å². The molecule has 0 aliphatic heterocycles. The Kier molecular flexibility index (Phi) is 7.80. The van der Waals surface area contributed by atoms with Crippen molar-refractivity contribution < 1.29 is 18.3 Å². The third-order valence-electron chi connectivity index (χ3n) is 5.15. The van der Waals surface area contributed by atoms with Gasteiger partial charge < -0.3 is 10.4 Å². The van der Waals surface area contributed by atoms with Gasteiger partial charge in [0.1, 0.15) is 6.04 Å². The van der Waals surface area contributed by atoms with Crippen molar-refractivity contribution >= 4 is 21.6 Å². The van der Waals surface area contributed by atoms with Crippen molar-refractivity contribution in [2.24, 2.45) is 0 Å². The fourth-order valence-electron chi connectivity index (χ4n) is 3.30. The first-order chi connectivity index (χ1) is 15.3. The maximum atomic E-state index is 13.1. The Bertz CT molecular complexity index is 1150. The molecule has 0 heterocycles. The molecule has 0 saturated carbocycles. The third-order valence-corrected chi connectivity index (χ3v) is 6.64. The summed E-state index contributed by atoms with van der Waals surface area (Å²) in [5.41, 5.74) is 2.95. The molecule has 1 amide bonds. The molecule has 3 aromatic carbocycles. The third kappa shape index (κ3) is 6.26. The number of aliphatic hydroxyl groups excluding tert-OH is 1. The molecule has 0 saturated heterocycles. The van der Waals surface area contributed by atoms with Crippen molar-refractivity contribution in [2.45, 2.75) is 43.7 Å². The summed E-state index contributed by atoms with van der Waals surface area (Å²) in [7, 11) is -3.91. The van der Waals surface area contributed by atoms with Crippen molar-refractivity contribution in [1.82, 2.24) is 4.72 Å². The van der Waals surface area contributed by atoms with E-state index in [1.807, 2.05) is 44.2 Å². The lowest BCUT2D eigenvalue weighted by Crippen LogP contribution is -2.45. The number of rotatable bonds is 9. The number of hydrogen-bond donors (Lipinski definition) is 3. The second-order valence-corrected chi connectivity index (χ2v) is 9.43. The average molecular weight is 453 g/mol. The lowest BCUT2D eigenvalue weighted by Gasteiger charge is -2.19. The lowest BCUT2D eigenvalue weighted by atomic mass is 10.0. The quantitative estimate of drug-likeness (QED) is 0.458. The lowest BCUT2D eigenvalue weighted by molar-refractivity contribution is -0.117. The van der Waals surface area contributed by atoms with Crippen molar-refractivity contribution in [3.63, 3.8) is 0 Å². The molecular weight excluding hydrogens is 424 g/mol. The van der Waals surface area contributed by atoms with Crippen LogP contribution in [-0.4, -0.2) is 25.5 Å². The van der Waals surface area contributed by atoms with Gasteiger partial charge in [-0.15, -0.1) is 0 Å². The van der Waals surface area contributed by atoms with E-state index in [1.54, 1.807) is 36.4 Å². The van der Waals surface area contributed by atoms with Gasteiger partial charge in [0.05, 0.1) is 11.0 Å². The minimum atomic E-state index is -3.91. The van der Waals surface area contributed by atoms with Crippen molar-refractivity contribution in [2.75, 3.05) is 5.32 Å². The zero-order valence-electron chi connectivity index (χ0n) is 18.2. The van der Waals surface area contributed by atoms with E-state index in [1.165, 1.54) is 12.1 Å². The van der Waals surface area contributed by atoms with Gasteiger partial charge in [-0.3, -0.25) is 4.79 Å². The summed E-state index contributed by atoms with van der Waals surface area (Å²) in [6.07, 6.45) is 0.103. The largest absolute Gasteiger partial charge is 0.388 e. The molecule has 168 valence electrons. The molecule has 7 heteroatoms. The van der Waals surface area contributed by atoms with Crippen molar-refractivity contribution in [3.8, 4) is 0 Å². The Morgan fingerprint density at radius 2 is 1.66 bits per heavy atom. The topological polar surface area (TPSA) is 95.5 Å². The summed E-state index contributed by atoms with van der Waals surface area (Å²) < 4.78 is 28.5. The molecule has 3 N–H and O–H groups in total. The maximum Gasteiger partial charge on any atom is 0.242 e. The Morgan fingerprint density at radius 3 is 2.31 bits per heavy atom. The van der Waals surface area contributed by atoms with Crippen molar-refractivity contribution in [1.29, 1.82) is 0 Å². The van der Waals surface area contributed by atoms with Gasteiger partial charge in [-0.2, -0.15) is 4.72 Å². The molecule has 2 atom stereocenters. The highest BCUT2D eigenvalue weighted by Gasteiger charge is 2.26. The number of sulfonamides is 1. The molecular formula is C25H28N2O4S. The SMILES string of the molecule is CCC(O)c1cccc(NC(=O)C(Cc2ccccc2)NS(=O)(=O)c2ccc(C)cc2)c1. The van der Waals surface area contributed by atoms with Gasteiger partial charge in [0.25, 0.3) is 0 Å². The summed E-state index contributed by atoms with van der Waals surface area (Å²) in [5.74, 6) is -0.479. The molecule has 0 bridgehead atoms. The first-order valence-corrected chi connectivity index (χ1v) is 12.0. The Labute approximate surface area is 189 Å². The smallest absolute Gasteiger partial charge is 0.242 e. The van der Waals surface area contributed by atoms with Gasteiger partial charge in [0, 0.05) is 5.69 Å². The van der Waals surface area contributed by atoms with E-state index < -0.39 is 28.1 Å². The number of benzene rings is 3. The molecule has 3 rings (SSSR count). The van der Waals surface area contributed by atoms with E-state index in [4.69, 9.17) is 0 Å². The molecule has 0 spiro atoms. The monoisotopic (exact) mass is 452 g/mol. The summed E-state index contributed by atoms with van der Waals surface area (Å²) in [6, 6.07) is 21.6. The number of nitrogens with one attached hydrogen (secondary N) is 2. The van der Waals surface area contributed by atoms with Gasteiger partial charge >= 0.3 is 0 Å². The van der Waals surface area contributed by atoms with Crippen LogP contribution in [0.2, 0.25) is 0 Å². The first-order valence-electron chi connectivity index (χ1n) is 10.5. The van der Waals surface area contributed by atoms with Crippen LogP contribution in [0.25, 0.3) is 0 Å². The van der Waals surface area contributed by atoms with Gasteiger partial charge in [-0.05, 0) is 55.2 Å². The van der Waals surface area contributed by atoms with Gasteiger partial charge in [-0.25, -0.2) is 8.42 Å². The number of amides is 1. The molecule has 0 radical (unpaired) electrons. The van der Waals surface area contributed by atoms with E-state index in [-0.39, 0.29) is 11.3 Å². The van der Waals surface area contributed by atoms with E-state index in [2.05, 4.69) is 10.0 Å². The normalized spacial score (nSPS) is 13.3. The molecule has 2 unspecified atom stereocenters. The predicted molar refractivity (Wildman–Crippen MR) is 126 cm³/mol. The average Bonchev–Trinajstić information content (AvgIpc) is 2.79. The maximum absolute atomic E-state index is 13.1. The Morgan fingerprint density at radius 1 is 0.969 bits per heavy atom. The van der Waals surface area contributed by atoms with Crippen LogP contribution >= 0.6 is 0 Å². The molecule has 32 heavy (non-hydrogen) atoms. The summed E-state index contributed by atoms with van der Waals surface area (Å²) in [4.78, 5) is 13.2. The zero-order chi connectivity index (χ0) is 23.1. The summed E-state index contributed by atoms with van der Waals surface area (Å²) in [5, 5.41) is 12.9. The number of carbonyl (C=O) groups is 1. The summed E-state index contributed by atoms with van der Waals surface area (Å²) in [6.45, 7) is 3.74. The van der Waals surface area contributed by atoms with Crippen LogP contribution in [0, 0.1) is 6.92 Å². The van der Waals surface area contributed by atoms with Crippen LogP contribution in [0.5, 0.6) is 0 Å². The van der Waals surface area contributed by atoms with Gasteiger partial charge in [-0.1, -0.05) is 67.1 Å². The zero-order valence-corrected chi connectivity index (χ0v) is 19.0. The molecule has 0 fully saturated rings. The van der Waals surface area contributed by atoms with Gasteiger partial charge in [0.2, 0.25) is 15.9 Å². The minimum Gasteiger partial charge on any atom is -0.388 e. The molecule has 0 aliphatic carbocycles. The molecule has 6 nitrogen and oxygen atoms in total. The number of anilines is 1. The Hall–Kier alpha value is -3.00. The fraction of sp³-hybridized carbons (Fsp3) is 0.240. The minimum absolute atomic E-state index is 0.0991. The number of hydrogen-bond acceptors (Lipinski definition) is 4. The van der Waals surface area contributed by atoms with E-state index in [9.17, 15) is 18.3 Å². The van der Waals surface area contributed by atoms with Crippen LogP contribution in [0.4, 0.5) is 5.69 Å². The highest BCUT2D eigenvalue weighted by Crippen LogP contribution is 2.20. The molecule has 0 aliphatic rings. The van der Waals surface area contributed by atoms with Crippen LogP contribution in [0.15, 0.2) is 83.8 Å². The van der Waals surface area contributed by atoms with Crippen LogP contribution in [0.3, 0.4) is 0 Å². The predicted octanol–water partition coefficient (Wildman–Crippen LogP) is 3.97. The van der Waals surface area contributed by atoms with E-state index in [0.29, 0.717) is 17.7 Å². The highest BCUT2D eigenvalue weighted by atomic mass is 32.2. The van der Waals surface area contributed by atoms with Crippen molar-refractivity contribution in [3.05, 3.63) is 95.6 Å². The summed E-state index contributed by atoms with van der Waals surface area (Å²) >= 11 is 0. The highest BCUT2D eigenvalue weighted by molar-refractivity contribution is 7.89. The fourth-order valence-corrected chi connectivity index (χ4v) is 4.49. The molecule has 0 aromatic heterocycles. The number of carbonyl (C=O) groups excluding carboxylic acids is 1. The van der Waals surface area contributed by atoms with E-state index >= 15 is 0 Å². The van der Waals surface area contributed by atoms with Crippen LogP contribution in [0.1, 0.15) is 36.1 Å². The standard InChI is InChI=1S/C25H28N2O4S/c1-3-24(28)20-10-7-11-21(17-20)26-25(29)23(16-19-8-5-4-6-9-19)27-32(30,31)22-14-12-18(2)13-15-22/h4-15,17,23-24,27-28H,3,16H2,1-2H3,(H,26,29). The second kappa shape index (κ2) is 10.5.